The Labute approximate surface area is 239 Å². The van der Waals surface area contributed by atoms with E-state index >= 15 is 0 Å². The van der Waals surface area contributed by atoms with Crippen molar-refractivity contribution in [3.05, 3.63) is 64.8 Å². The van der Waals surface area contributed by atoms with Crippen LogP contribution in [0.1, 0.15) is 22.5 Å². The summed E-state index contributed by atoms with van der Waals surface area (Å²) >= 11 is 6.07. The van der Waals surface area contributed by atoms with Crippen molar-refractivity contribution in [2.45, 2.75) is 25.7 Å². The fourth-order valence-corrected chi connectivity index (χ4v) is 4.66. The molecule has 14 heteroatoms. The molecule has 1 atom stereocenters. The highest BCUT2D eigenvalue weighted by atomic mass is 35.5. The van der Waals surface area contributed by atoms with E-state index in [-0.39, 0.29) is 24.2 Å². The Morgan fingerprint density at radius 2 is 1.93 bits per heavy atom. The van der Waals surface area contributed by atoms with Crippen LogP contribution in [0.2, 0.25) is 5.02 Å². The molecule has 220 valence electrons. The molecule has 5 rings (SSSR count). The van der Waals surface area contributed by atoms with Gasteiger partial charge in [-0.15, -0.1) is 13.2 Å². The molecule has 2 aromatic carbocycles. The molecule has 1 unspecified atom stereocenters. The lowest BCUT2D eigenvalue weighted by Gasteiger charge is -2.22. The maximum absolute atomic E-state index is 13.9. The Morgan fingerprint density at radius 1 is 1.15 bits per heavy atom. The van der Waals surface area contributed by atoms with Crippen LogP contribution in [0, 0.1) is 0 Å². The number of likely N-dealkylation sites (N-methyl/N-ethyl adjacent to an activating group) is 1. The van der Waals surface area contributed by atoms with Crippen LogP contribution in [0.25, 0.3) is 0 Å². The van der Waals surface area contributed by atoms with Crippen molar-refractivity contribution < 1.29 is 36.9 Å². The van der Waals surface area contributed by atoms with Gasteiger partial charge in [-0.25, -0.2) is 0 Å². The van der Waals surface area contributed by atoms with E-state index in [2.05, 4.69) is 15.0 Å². The van der Waals surface area contributed by atoms with Crippen molar-refractivity contribution in [2.24, 2.45) is 0 Å². The molecule has 1 N–H and O–H groups in total. The Kier molecular flexibility index (Phi) is 8.88. The van der Waals surface area contributed by atoms with Gasteiger partial charge in [0.2, 0.25) is 6.41 Å². The standard InChI is InChI=1S/C27H29ClF3N5O5/c1-34-12-13-35(11-3-14-38-26-32-10-15-39-26)24(37)22-23(34)33-25(36(22)17-18-6-8-19(28)9-7-18)40-20-4-2-5-21(16-20)41-27(29,30)31/h2,4-9,16,26,32H,3,10-15,17H2,1H3. The fourth-order valence-electron chi connectivity index (χ4n) is 4.53. The summed E-state index contributed by atoms with van der Waals surface area (Å²) in [5, 5.41) is 3.63. The van der Waals surface area contributed by atoms with E-state index in [9.17, 15) is 18.0 Å². The van der Waals surface area contributed by atoms with Gasteiger partial charge in [-0.1, -0.05) is 29.8 Å². The van der Waals surface area contributed by atoms with Crippen molar-refractivity contribution in [3.8, 4) is 17.5 Å². The molecule has 2 aliphatic heterocycles. The van der Waals surface area contributed by atoms with Gasteiger partial charge in [0, 0.05) is 44.3 Å². The van der Waals surface area contributed by atoms with Crippen LogP contribution in [-0.4, -0.2) is 79.6 Å². The number of hydrogen-bond donors (Lipinski definition) is 1. The molecule has 3 aromatic rings. The predicted octanol–water partition coefficient (Wildman–Crippen LogP) is 4.48. The van der Waals surface area contributed by atoms with Crippen molar-refractivity contribution in [1.82, 2.24) is 19.8 Å². The number of carbonyl (C=O) groups excluding carboxylic acids is 1. The van der Waals surface area contributed by atoms with Crippen molar-refractivity contribution in [3.63, 3.8) is 0 Å². The van der Waals surface area contributed by atoms with Gasteiger partial charge in [0.15, 0.2) is 11.5 Å². The zero-order valence-electron chi connectivity index (χ0n) is 22.2. The number of ether oxygens (including phenoxy) is 4. The van der Waals surface area contributed by atoms with Crippen molar-refractivity contribution >= 4 is 23.3 Å². The SMILES string of the molecule is CN1CCN(CCCOC2NCCO2)C(=O)c2c1nc(Oc1cccc(OC(F)(F)F)c1)n2Cc1ccc(Cl)cc1. The number of amides is 1. The largest absolute Gasteiger partial charge is 0.573 e. The lowest BCUT2D eigenvalue weighted by Crippen LogP contribution is -2.36. The second-order valence-corrected chi connectivity index (χ2v) is 9.94. The molecule has 0 bridgehead atoms. The van der Waals surface area contributed by atoms with Crippen LogP contribution >= 0.6 is 11.6 Å². The number of benzene rings is 2. The lowest BCUT2D eigenvalue weighted by atomic mass is 10.2. The molecule has 10 nitrogen and oxygen atoms in total. The number of aromatic nitrogens is 2. The zero-order valence-corrected chi connectivity index (χ0v) is 23.0. The van der Waals surface area contributed by atoms with Gasteiger partial charge in [0.25, 0.3) is 5.91 Å². The summed E-state index contributed by atoms with van der Waals surface area (Å²) < 4.78 is 61.1. The minimum absolute atomic E-state index is 0.0453. The molecule has 3 heterocycles. The number of fused-ring (bicyclic) bond motifs is 1. The quantitative estimate of drug-likeness (QED) is 0.343. The highest BCUT2D eigenvalue weighted by Crippen LogP contribution is 2.34. The number of imidazole rings is 1. The second kappa shape index (κ2) is 12.6. The van der Waals surface area contributed by atoms with Crippen LogP contribution in [0.4, 0.5) is 19.0 Å². The average Bonchev–Trinajstić information content (AvgIpc) is 3.54. The summed E-state index contributed by atoms with van der Waals surface area (Å²) in [7, 11) is 1.82. The third-order valence-corrected chi connectivity index (χ3v) is 6.75. The first kappa shape index (κ1) is 29.0. The molecular weight excluding hydrogens is 567 g/mol. The molecule has 1 amide bonds. The number of nitrogens with one attached hydrogen (secondary N) is 1. The highest BCUT2D eigenvalue weighted by Gasteiger charge is 2.34. The summed E-state index contributed by atoms with van der Waals surface area (Å²) in [6.07, 6.45) is -4.70. The van der Waals surface area contributed by atoms with Gasteiger partial charge in [-0.2, -0.15) is 4.98 Å². The maximum atomic E-state index is 13.9. The number of alkyl halides is 3. The van der Waals surface area contributed by atoms with E-state index in [1.807, 2.05) is 24.1 Å². The Morgan fingerprint density at radius 3 is 2.66 bits per heavy atom. The average molecular weight is 596 g/mol. The summed E-state index contributed by atoms with van der Waals surface area (Å²) in [6.45, 7) is 3.35. The molecule has 1 saturated heterocycles. The molecule has 1 aromatic heterocycles. The third kappa shape index (κ3) is 7.41. The van der Waals surface area contributed by atoms with E-state index in [1.165, 1.54) is 18.2 Å². The second-order valence-electron chi connectivity index (χ2n) is 9.50. The Bertz CT molecular complexity index is 1350. The topological polar surface area (TPSA) is 90.3 Å². The molecule has 0 radical (unpaired) electrons. The van der Waals surface area contributed by atoms with Crippen LogP contribution < -0.4 is 19.7 Å². The number of nitrogens with zero attached hydrogens (tertiary/aromatic N) is 4. The first-order valence-electron chi connectivity index (χ1n) is 13.0. The summed E-state index contributed by atoms with van der Waals surface area (Å²) in [5.41, 5.74) is 1.12. The van der Waals surface area contributed by atoms with E-state index in [4.69, 9.17) is 25.8 Å². The molecule has 1 fully saturated rings. The van der Waals surface area contributed by atoms with Gasteiger partial charge in [-0.05, 0) is 36.2 Å². The normalized spacial score (nSPS) is 17.5. The first-order valence-corrected chi connectivity index (χ1v) is 13.4. The van der Waals surface area contributed by atoms with Crippen molar-refractivity contribution in [1.29, 1.82) is 0 Å². The molecule has 41 heavy (non-hydrogen) atoms. The maximum Gasteiger partial charge on any atom is 0.573 e. The minimum Gasteiger partial charge on any atom is -0.425 e. The monoisotopic (exact) mass is 595 g/mol. The molecule has 0 spiro atoms. The predicted molar refractivity (Wildman–Crippen MR) is 143 cm³/mol. The van der Waals surface area contributed by atoms with Gasteiger partial charge in [-0.3, -0.25) is 14.7 Å². The number of hydrogen-bond acceptors (Lipinski definition) is 8. The highest BCUT2D eigenvalue weighted by molar-refractivity contribution is 6.30. The van der Waals surface area contributed by atoms with E-state index in [0.29, 0.717) is 55.8 Å². The Balaban J connectivity index is 1.43. The molecule has 0 saturated carbocycles. The van der Waals surface area contributed by atoms with Gasteiger partial charge < -0.3 is 28.7 Å². The smallest absolute Gasteiger partial charge is 0.425 e. The summed E-state index contributed by atoms with van der Waals surface area (Å²) in [5.74, 6) is -0.211. The first-order chi connectivity index (χ1) is 19.7. The zero-order chi connectivity index (χ0) is 29.0. The van der Waals surface area contributed by atoms with Crippen LogP contribution in [-0.2, 0) is 16.0 Å². The number of rotatable bonds is 10. The van der Waals surface area contributed by atoms with E-state index in [0.717, 1.165) is 18.2 Å². The van der Waals surface area contributed by atoms with Gasteiger partial charge >= 0.3 is 12.4 Å². The minimum atomic E-state index is -4.85. The van der Waals surface area contributed by atoms with Gasteiger partial charge in [0.1, 0.15) is 11.5 Å². The van der Waals surface area contributed by atoms with Gasteiger partial charge in [0.05, 0.1) is 19.8 Å². The lowest BCUT2D eigenvalue weighted by molar-refractivity contribution is -0.274. The number of halogens is 4. The third-order valence-electron chi connectivity index (χ3n) is 6.50. The summed E-state index contributed by atoms with van der Waals surface area (Å²) in [4.78, 5) is 22.1. The van der Waals surface area contributed by atoms with E-state index < -0.39 is 18.5 Å². The Hall–Kier alpha value is -3.52. The van der Waals surface area contributed by atoms with E-state index in [1.54, 1.807) is 21.6 Å². The van der Waals surface area contributed by atoms with Crippen LogP contribution in [0.5, 0.6) is 17.5 Å². The molecule has 2 aliphatic rings. The van der Waals surface area contributed by atoms with Crippen LogP contribution in [0.3, 0.4) is 0 Å². The van der Waals surface area contributed by atoms with Crippen molar-refractivity contribution in [2.75, 3.05) is 51.3 Å². The number of carbonyl (C=O) groups is 1. The fraction of sp³-hybridized carbons (Fsp3) is 0.407. The summed E-state index contributed by atoms with van der Waals surface area (Å²) in [6, 6.07) is 12.3. The molecule has 0 aliphatic carbocycles. The number of anilines is 1. The molecular formula is C27H29ClF3N5O5. The van der Waals surface area contributed by atoms with Crippen LogP contribution in [0.15, 0.2) is 48.5 Å².